The predicted molar refractivity (Wildman–Crippen MR) is 138 cm³/mol. The Morgan fingerprint density at radius 2 is 1.82 bits per heavy atom. The van der Waals surface area contributed by atoms with Crippen LogP contribution < -0.4 is 20.1 Å². The Bertz CT molecular complexity index is 1090. The van der Waals surface area contributed by atoms with E-state index in [2.05, 4.69) is 33.2 Å². The molecule has 2 aromatic carbocycles. The Kier molecular flexibility index (Phi) is 8.67. The van der Waals surface area contributed by atoms with Gasteiger partial charge in [0.2, 0.25) is 0 Å². The molecule has 174 valence electrons. The van der Waals surface area contributed by atoms with E-state index in [0.717, 1.165) is 14.7 Å². The maximum atomic E-state index is 12.8. The van der Waals surface area contributed by atoms with Gasteiger partial charge in [-0.25, -0.2) is 4.79 Å². The monoisotopic (exact) mass is 580 g/mol. The zero-order valence-corrected chi connectivity index (χ0v) is 21.5. The van der Waals surface area contributed by atoms with Crippen LogP contribution in [0.4, 0.5) is 0 Å². The summed E-state index contributed by atoms with van der Waals surface area (Å²) >= 11 is 7.59. The van der Waals surface area contributed by atoms with Gasteiger partial charge >= 0.3 is 5.97 Å². The number of carbonyl (C=O) groups is 2. The molecular formula is C24H25IN2O5S. The highest BCUT2D eigenvalue weighted by atomic mass is 127. The summed E-state index contributed by atoms with van der Waals surface area (Å²) in [5.41, 5.74) is 2.89. The minimum Gasteiger partial charge on any atom is -0.490 e. The van der Waals surface area contributed by atoms with E-state index >= 15 is 0 Å². The molecule has 7 nitrogen and oxygen atoms in total. The summed E-state index contributed by atoms with van der Waals surface area (Å²) in [6, 6.07) is 12.8. The molecule has 0 radical (unpaired) electrons. The standard InChI is InChI=1S/C24H25IN2O5S/c1-4-30-18-12-16(11-17(25)23(18)32-13-19(29)31-5-2)22-20(14(3)28)21(26-24(33)27-22)15-9-7-6-8-10-15/h6-12,22H,4-5,13H2,1-3H3,(H2,26,27,33)/t22-/m1/s1. The van der Waals surface area contributed by atoms with Crippen LogP contribution in [0.15, 0.2) is 48.0 Å². The Hall–Kier alpha value is -2.66. The third kappa shape index (κ3) is 6.02. The van der Waals surface area contributed by atoms with Gasteiger partial charge in [-0.3, -0.25) is 4.79 Å². The number of halogens is 1. The molecule has 0 bridgehead atoms. The number of thiocarbonyl (C=S) groups is 1. The van der Waals surface area contributed by atoms with Crippen LogP contribution in [0, 0.1) is 3.57 Å². The lowest BCUT2D eigenvalue weighted by atomic mass is 9.90. The van der Waals surface area contributed by atoms with Crippen LogP contribution in [-0.4, -0.2) is 36.7 Å². The molecule has 0 aliphatic carbocycles. The van der Waals surface area contributed by atoms with Crippen LogP contribution in [0.2, 0.25) is 0 Å². The molecular weight excluding hydrogens is 555 g/mol. The first-order valence-corrected chi connectivity index (χ1v) is 12.0. The van der Waals surface area contributed by atoms with Crippen LogP contribution in [0.25, 0.3) is 5.70 Å². The Morgan fingerprint density at radius 1 is 1.09 bits per heavy atom. The van der Waals surface area contributed by atoms with Crippen molar-refractivity contribution in [3.05, 3.63) is 62.7 Å². The van der Waals surface area contributed by atoms with Gasteiger partial charge < -0.3 is 24.8 Å². The van der Waals surface area contributed by atoms with Crippen molar-refractivity contribution < 1.29 is 23.8 Å². The average molecular weight is 580 g/mol. The highest BCUT2D eigenvalue weighted by Crippen LogP contribution is 2.39. The van der Waals surface area contributed by atoms with E-state index in [1.54, 1.807) is 6.92 Å². The summed E-state index contributed by atoms with van der Waals surface area (Å²) in [5.74, 6) is 0.373. The van der Waals surface area contributed by atoms with Gasteiger partial charge in [0, 0.05) is 5.57 Å². The van der Waals surface area contributed by atoms with Crippen molar-refractivity contribution in [2.24, 2.45) is 0 Å². The number of Topliss-reactive ketones (excluding diaryl/α,β-unsaturated/α-hetero) is 1. The molecule has 0 saturated heterocycles. The van der Waals surface area contributed by atoms with Crippen molar-refractivity contribution >= 4 is 57.4 Å². The number of nitrogens with one attached hydrogen (secondary N) is 2. The molecule has 0 aromatic heterocycles. The van der Waals surface area contributed by atoms with Gasteiger partial charge in [-0.05, 0) is 78.8 Å². The molecule has 1 atom stereocenters. The second-order valence-corrected chi connectivity index (χ2v) is 8.67. The molecule has 1 aliphatic rings. The van der Waals surface area contributed by atoms with Crippen molar-refractivity contribution in [1.29, 1.82) is 0 Å². The minimum atomic E-state index is -0.488. The SMILES string of the molecule is CCOC(=O)COc1c(I)cc([C@H]2NC(=S)NC(c3ccccc3)=C2C(C)=O)cc1OCC. The first kappa shape index (κ1) is 25.0. The molecule has 0 spiro atoms. The third-order valence-corrected chi connectivity index (χ3v) is 5.84. The second kappa shape index (κ2) is 11.5. The molecule has 1 heterocycles. The summed E-state index contributed by atoms with van der Waals surface area (Å²) in [5, 5.41) is 6.78. The lowest BCUT2D eigenvalue weighted by molar-refractivity contribution is -0.145. The average Bonchev–Trinajstić information content (AvgIpc) is 2.78. The van der Waals surface area contributed by atoms with Crippen molar-refractivity contribution in [1.82, 2.24) is 10.6 Å². The normalized spacial score (nSPS) is 15.4. The molecule has 0 fully saturated rings. The number of hydrogen-bond donors (Lipinski definition) is 2. The molecule has 2 N–H and O–H groups in total. The number of ether oxygens (including phenoxy) is 3. The number of benzene rings is 2. The quantitative estimate of drug-likeness (QED) is 0.260. The number of rotatable bonds is 9. The Morgan fingerprint density at radius 3 is 2.45 bits per heavy atom. The molecule has 0 saturated carbocycles. The number of ketones is 1. The van der Waals surface area contributed by atoms with E-state index in [-0.39, 0.29) is 19.0 Å². The van der Waals surface area contributed by atoms with Gasteiger partial charge in [0.25, 0.3) is 0 Å². The molecule has 3 rings (SSSR count). The number of hydrogen-bond acceptors (Lipinski definition) is 6. The zero-order valence-electron chi connectivity index (χ0n) is 18.6. The van der Waals surface area contributed by atoms with E-state index in [4.69, 9.17) is 26.4 Å². The van der Waals surface area contributed by atoms with Gasteiger partial charge in [-0.15, -0.1) is 0 Å². The topological polar surface area (TPSA) is 85.9 Å². The highest BCUT2D eigenvalue weighted by Gasteiger charge is 2.31. The fourth-order valence-corrected chi connectivity index (χ4v) is 4.52. The lowest BCUT2D eigenvalue weighted by Crippen LogP contribution is -2.44. The largest absolute Gasteiger partial charge is 0.490 e. The number of carbonyl (C=O) groups excluding carboxylic acids is 2. The zero-order chi connectivity index (χ0) is 24.0. The fourth-order valence-electron chi connectivity index (χ4n) is 3.52. The first-order chi connectivity index (χ1) is 15.8. The van der Waals surface area contributed by atoms with E-state index < -0.39 is 12.0 Å². The summed E-state index contributed by atoms with van der Waals surface area (Å²) in [4.78, 5) is 24.6. The van der Waals surface area contributed by atoms with Crippen molar-refractivity contribution in [3.63, 3.8) is 0 Å². The summed E-state index contributed by atoms with van der Waals surface area (Å²) in [6.45, 7) is 5.59. The summed E-state index contributed by atoms with van der Waals surface area (Å²) < 4.78 is 17.2. The van der Waals surface area contributed by atoms with Gasteiger partial charge in [-0.2, -0.15) is 0 Å². The maximum absolute atomic E-state index is 12.8. The molecule has 9 heteroatoms. The van der Waals surface area contributed by atoms with Crippen LogP contribution in [0.5, 0.6) is 11.5 Å². The van der Waals surface area contributed by atoms with Crippen molar-refractivity contribution in [2.75, 3.05) is 19.8 Å². The van der Waals surface area contributed by atoms with Crippen LogP contribution in [-0.2, 0) is 14.3 Å². The van der Waals surface area contributed by atoms with E-state index in [9.17, 15) is 9.59 Å². The Labute approximate surface area is 212 Å². The van der Waals surface area contributed by atoms with E-state index in [1.165, 1.54) is 6.92 Å². The molecule has 0 unspecified atom stereocenters. The summed E-state index contributed by atoms with van der Waals surface area (Å²) in [6.07, 6.45) is 0. The fraction of sp³-hybridized carbons (Fsp3) is 0.292. The van der Waals surface area contributed by atoms with Gasteiger partial charge in [0.15, 0.2) is 29.0 Å². The number of esters is 1. The van der Waals surface area contributed by atoms with Crippen LogP contribution >= 0.6 is 34.8 Å². The van der Waals surface area contributed by atoms with Crippen molar-refractivity contribution in [3.8, 4) is 11.5 Å². The molecule has 2 aromatic rings. The van der Waals surface area contributed by atoms with Gasteiger partial charge in [0.05, 0.1) is 28.5 Å². The highest BCUT2D eigenvalue weighted by molar-refractivity contribution is 14.1. The molecule has 0 amide bonds. The predicted octanol–water partition coefficient (Wildman–Crippen LogP) is 4.15. The Balaban J connectivity index is 2.07. The molecule has 33 heavy (non-hydrogen) atoms. The van der Waals surface area contributed by atoms with E-state index in [1.807, 2.05) is 49.4 Å². The van der Waals surface area contributed by atoms with Gasteiger partial charge in [0.1, 0.15) is 0 Å². The van der Waals surface area contributed by atoms with Crippen molar-refractivity contribution in [2.45, 2.75) is 26.8 Å². The third-order valence-electron chi connectivity index (χ3n) is 4.82. The van der Waals surface area contributed by atoms with Crippen LogP contribution in [0.1, 0.15) is 37.9 Å². The second-order valence-electron chi connectivity index (χ2n) is 7.10. The lowest BCUT2D eigenvalue weighted by Gasteiger charge is -2.32. The minimum absolute atomic E-state index is 0.0861. The first-order valence-electron chi connectivity index (χ1n) is 10.5. The molecule has 1 aliphatic heterocycles. The van der Waals surface area contributed by atoms with Gasteiger partial charge in [-0.1, -0.05) is 30.3 Å². The van der Waals surface area contributed by atoms with E-state index in [0.29, 0.717) is 34.5 Å². The smallest absolute Gasteiger partial charge is 0.344 e. The maximum Gasteiger partial charge on any atom is 0.344 e. The van der Waals surface area contributed by atoms with Crippen LogP contribution in [0.3, 0.4) is 0 Å². The summed E-state index contributed by atoms with van der Waals surface area (Å²) in [7, 11) is 0.